The van der Waals surface area contributed by atoms with Crippen LogP contribution in [0.25, 0.3) is 0 Å². The maximum atomic E-state index is 9.56. The van der Waals surface area contributed by atoms with Gasteiger partial charge in [-0.25, -0.2) is 0 Å². The minimum Gasteiger partial charge on any atom is -0.376 e. The zero-order valence-corrected chi connectivity index (χ0v) is 7.09. The van der Waals surface area contributed by atoms with Gasteiger partial charge in [-0.1, -0.05) is 6.92 Å². The summed E-state index contributed by atoms with van der Waals surface area (Å²) in [6.45, 7) is 8.02. The lowest BCUT2D eigenvalue weighted by molar-refractivity contribution is -0.0664. The second kappa shape index (κ2) is 2.51. The van der Waals surface area contributed by atoms with Crippen molar-refractivity contribution in [1.82, 2.24) is 4.90 Å². The Balaban J connectivity index is 2.45. The van der Waals surface area contributed by atoms with E-state index in [-0.39, 0.29) is 0 Å². The summed E-state index contributed by atoms with van der Waals surface area (Å²) in [7, 11) is 0. The molecule has 1 saturated heterocycles. The fourth-order valence-corrected chi connectivity index (χ4v) is 1.43. The zero-order chi connectivity index (χ0) is 7.78. The van der Waals surface area contributed by atoms with Gasteiger partial charge in [0.05, 0.1) is 0 Å². The van der Waals surface area contributed by atoms with Crippen molar-refractivity contribution in [2.45, 2.75) is 32.9 Å². The number of rotatable bonds is 1. The Labute approximate surface area is 62.8 Å². The van der Waals surface area contributed by atoms with Crippen LogP contribution in [0.1, 0.15) is 27.2 Å². The SMILES string of the molecule is CC1CCN(C(C)(C)O)C1. The fourth-order valence-electron chi connectivity index (χ4n) is 1.43. The van der Waals surface area contributed by atoms with E-state index >= 15 is 0 Å². The lowest BCUT2D eigenvalue weighted by Gasteiger charge is -2.29. The van der Waals surface area contributed by atoms with Gasteiger partial charge in [0.2, 0.25) is 0 Å². The van der Waals surface area contributed by atoms with Crippen LogP contribution in [0, 0.1) is 5.92 Å². The molecule has 1 fully saturated rings. The van der Waals surface area contributed by atoms with Crippen molar-refractivity contribution < 1.29 is 5.11 Å². The van der Waals surface area contributed by atoms with Crippen LogP contribution < -0.4 is 0 Å². The normalized spacial score (nSPS) is 29.4. The van der Waals surface area contributed by atoms with Gasteiger partial charge in [-0.2, -0.15) is 0 Å². The van der Waals surface area contributed by atoms with Gasteiger partial charge in [-0.3, -0.25) is 4.90 Å². The predicted molar refractivity (Wildman–Crippen MR) is 41.7 cm³/mol. The van der Waals surface area contributed by atoms with Crippen LogP contribution in [0.5, 0.6) is 0 Å². The Morgan fingerprint density at radius 1 is 1.50 bits per heavy atom. The highest BCUT2D eigenvalue weighted by atomic mass is 16.3. The Kier molecular flexibility index (Phi) is 2.02. The van der Waals surface area contributed by atoms with Crippen molar-refractivity contribution in [2.75, 3.05) is 13.1 Å². The van der Waals surface area contributed by atoms with Gasteiger partial charge in [0, 0.05) is 13.1 Å². The molecule has 0 aliphatic carbocycles. The monoisotopic (exact) mass is 143 g/mol. The largest absolute Gasteiger partial charge is 0.376 e. The summed E-state index contributed by atoms with van der Waals surface area (Å²) in [6.07, 6.45) is 1.23. The molecule has 0 aromatic heterocycles. The molecule has 0 saturated carbocycles. The summed E-state index contributed by atoms with van der Waals surface area (Å²) >= 11 is 0. The highest BCUT2D eigenvalue weighted by molar-refractivity contribution is 4.78. The molecule has 0 bridgehead atoms. The van der Waals surface area contributed by atoms with Crippen molar-refractivity contribution in [3.8, 4) is 0 Å². The van der Waals surface area contributed by atoms with Gasteiger partial charge < -0.3 is 5.11 Å². The summed E-state index contributed by atoms with van der Waals surface area (Å²) in [4.78, 5) is 2.12. The molecule has 0 radical (unpaired) electrons. The third kappa shape index (κ3) is 1.70. The highest BCUT2D eigenvalue weighted by Crippen LogP contribution is 2.21. The zero-order valence-electron chi connectivity index (χ0n) is 7.09. The van der Waals surface area contributed by atoms with E-state index in [0.717, 1.165) is 19.0 Å². The second-order valence-electron chi connectivity index (χ2n) is 3.83. The molecule has 1 aliphatic rings. The molecule has 0 spiro atoms. The van der Waals surface area contributed by atoms with E-state index in [9.17, 15) is 5.11 Å². The summed E-state index contributed by atoms with van der Waals surface area (Å²) in [5.41, 5.74) is -0.606. The molecule has 1 unspecified atom stereocenters. The maximum absolute atomic E-state index is 9.56. The first-order chi connectivity index (χ1) is 4.50. The molecule has 0 aromatic carbocycles. The third-order valence-electron chi connectivity index (χ3n) is 2.20. The van der Waals surface area contributed by atoms with Crippen molar-refractivity contribution in [3.05, 3.63) is 0 Å². The minimum absolute atomic E-state index is 0.606. The number of hydrogen-bond acceptors (Lipinski definition) is 2. The first-order valence-corrected chi connectivity index (χ1v) is 3.97. The van der Waals surface area contributed by atoms with E-state index in [4.69, 9.17) is 0 Å². The molecule has 0 aromatic rings. The van der Waals surface area contributed by atoms with Crippen molar-refractivity contribution in [1.29, 1.82) is 0 Å². The van der Waals surface area contributed by atoms with Crippen LogP contribution in [0.15, 0.2) is 0 Å². The number of aliphatic hydroxyl groups is 1. The first kappa shape index (κ1) is 8.02. The molecular weight excluding hydrogens is 126 g/mol. The molecule has 2 heteroatoms. The van der Waals surface area contributed by atoms with Crippen LogP contribution >= 0.6 is 0 Å². The molecular formula is C8H17NO. The quantitative estimate of drug-likeness (QED) is 0.593. The highest BCUT2D eigenvalue weighted by Gasteiger charge is 2.29. The molecule has 60 valence electrons. The van der Waals surface area contributed by atoms with E-state index < -0.39 is 5.72 Å². The Hall–Kier alpha value is -0.0800. The molecule has 1 heterocycles. The van der Waals surface area contributed by atoms with Gasteiger partial charge in [-0.05, 0) is 26.2 Å². The van der Waals surface area contributed by atoms with Gasteiger partial charge in [0.25, 0.3) is 0 Å². The van der Waals surface area contributed by atoms with Crippen LogP contribution in [0.2, 0.25) is 0 Å². The summed E-state index contributed by atoms with van der Waals surface area (Å²) in [6, 6.07) is 0. The van der Waals surface area contributed by atoms with E-state index in [1.165, 1.54) is 6.42 Å². The second-order valence-corrected chi connectivity index (χ2v) is 3.83. The van der Waals surface area contributed by atoms with Crippen molar-refractivity contribution in [3.63, 3.8) is 0 Å². The summed E-state index contributed by atoms with van der Waals surface area (Å²) in [5, 5.41) is 9.56. The van der Waals surface area contributed by atoms with Gasteiger partial charge in [0.15, 0.2) is 0 Å². The lowest BCUT2D eigenvalue weighted by atomic mass is 10.2. The van der Waals surface area contributed by atoms with Crippen molar-refractivity contribution >= 4 is 0 Å². The molecule has 1 N–H and O–H groups in total. The molecule has 1 rings (SSSR count). The predicted octanol–water partition coefficient (Wildman–Crippen LogP) is 1.06. The average molecular weight is 143 g/mol. The van der Waals surface area contributed by atoms with Gasteiger partial charge in [-0.15, -0.1) is 0 Å². The number of likely N-dealkylation sites (tertiary alicyclic amines) is 1. The topological polar surface area (TPSA) is 23.5 Å². The van der Waals surface area contributed by atoms with E-state index in [2.05, 4.69) is 11.8 Å². The minimum atomic E-state index is -0.606. The molecule has 1 aliphatic heterocycles. The molecule has 10 heavy (non-hydrogen) atoms. The van der Waals surface area contributed by atoms with Gasteiger partial charge >= 0.3 is 0 Å². The Bertz CT molecular complexity index is 117. The van der Waals surface area contributed by atoms with Crippen molar-refractivity contribution in [2.24, 2.45) is 5.92 Å². The van der Waals surface area contributed by atoms with Gasteiger partial charge in [0.1, 0.15) is 5.72 Å². The van der Waals surface area contributed by atoms with Crippen LogP contribution in [0.3, 0.4) is 0 Å². The lowest BCUT2D eigenvalue weighted by Crippen LogP contribution is -2.41. The molecule has 2 nitrogen and oxygen atoms in total. The number of nitrogens with zero attached hydrogens (tertiary/aromatic N) is 1. The molecule has 0 amide bonds. The Morgan fingerprint density at radius 2 is 2.10 bits per heavy atom. The third-order valence-corrected chi connectivity index (χ3v) is 2.20. The van der Waals surface area contributed by atoms with Crippen LogP contribution in [0.4, 0.5) is 0 Å². The average Bonchev–Trinajstić information content (AvgIpc) is 2.11. The molecule has 1 atom stereocenters. The summed E-state index contributed by atoms with van der Waals surface area (Å²) < 4.78 is 0. The van der Waals surface area contributed by atoms with E-state index in [1.54, 1.807) is 0 Å². The van der Waals surface area contributed by atoms with E-state index in [0.29, 0.717) is 0 Å². The first-order valence-electron chi connectivity index (χ1n) is 3.97. The fraction of sp³-hybridized carbons (Fsp3) is 1.00. The summed E-state index contributed by atoms with van der Waals surface area (Å²) in [5.74, 6) is 0.756. The maximum Gasteiger partial charge on any atom is 0.112 e. The number of hydrogen-bond donors (Lipinski definition) is 1. The Morgan fingerprint density at radius 3 is 2.30 bits per heavy atom. The standard InChI is InChI=1S/C8H17NO/c1-7-4-5-9(6-7)8(2,3)10/h7,10H,4-6H2,1-3H3. The smallest absolute Gasteiger partial charge is 0.112 e. The van der Waals surface area contributed by atoms with E-state index in [1.807, 2.05) is 13.8 Å². The van der Waals surface area contributed by atoms with Crippen LogP contribution in [-0.2, 0) is 0 Å². The van der Waals surface area contributed by atoms with Crippen LogP contribution in [-0.4, -0.2) is 28.8 Å².